The molecule has 0 atom stereocenters. The predicted molar refractivity (Wildman–Crippen MR) is 161 cm³/mol. The Morgan fingerprint density at radius 2 is 1.81 bits per heavy atom. The molecule has 1 aliphatic heterocycles. The zero-order chi connectivity index (χ0) is 34.5. The number of carbonyl (C=O) groups is 4. The van der Waals surface area contributed by atoms with Crippen LogP contribution in [-0.2, 0) is 35.8 Å². The molecule has 3 amide bonds. The number of aromatic nitrogens is 4. The molecule has 2 fully saturated rings. The third-order valence-corrected chi connectivity index (χ3v) is 8.11. The summed E-state index contributed by atoms with van der Waals surface area (Å²) in [5.74, 6) is -0.891. The van der Waals surface area contributed by atoms with Gasteiger partial charge in [0.15, 0.2) is 11.5 Å². The standard InChI is InChI=1S/C29H32F3N9O3.CH2O2/c1-3-17-14-20(4-5-21(17)28(44)40-10-8-39(9-11-40)27(43)18-12-19(34)13-18)36-26(42)25-35-15-23(38(25)2)22-16-41(7-6-33)37-24(22)29(30,31)32;2-1-3/h4-5,14-16,18-19H,3,7-13,34H2,1-2H3,(H,36,42);1H,(H,2,3). The largest absolute Gasteiger partial charge is 0.483 e. The highest BCUT2D eigenvalue weighted by molar-refractivity contribution is 6.03. The Hall–Kier alpha value is -5.24. The number of benzene rings is 1. The molecule has 1 saturated carbocycles. The van der Waals surface area contributed by atoms with Gasteiger partial charge < -0.3 is 30.5 Å². The van der Waals surface area contributed by atoms with E-state index in [1.165, 1.54) is 11.6 Å². The molecule has 3 aromatic rings. The van der Waals surface area contributed by atoms with Crippen molar-refractivity contribution >= 4 is 29.9 Å². The molecule has 3 heterocycles. The van der Waals surface area contributed by atoms with Gasteiger partial charge >= 0.3 is 6.18 Å². The first-order valence-electron chi connectivity index (χ1n) is 14.7. The zero-order valence-corrected chi connectivity index (χ0v) is 25.7. The molecule has 17 heteroatoms. The number of piperazine rings is 1. The Bertz CT molecular complexity index is 1680. The number of alkyl halides is 3. The third-order valence-electron chi connectivity index (χ3n) is 8.11. The highest BCUT2D eigenvalue weighted by Gasteiger charge is 2.39. The lowest BCUT2D eigenvalue weighted by atomic mass is 9.80. The molecule has 14 nitrogen and oxygen atoms in total. The van der Waals surface area contributed by atoms with E-state index in [4.69, 9.17) is 20.9 Å². The maximum absolute atomic E-state index is 13.6. The summed E-state index contributed by atoms with van der Waals surface area (Å²) in [5, 5.41) is 22.0. The maximum atomic E-state index is 13.6. The Morgan fingerprint density at radius 1 is 1.17 bits per heavy atom. The number of amides is 3. The number of nitrogens with zero attached hydrogens (tertiary/aromatic N) is 7. The molecule has 1 saturated heterocycles. The van der Waals surface area contributed by atoms with Crippen molar-refractivity contribution < 1.29 is 37.5 Å². The van der Waals surface area contributed by atoms with E-state index in [1.807, 2.05) is 6.92 Å². The van der Waals surface area contributed by atoms with Gasteiger partial charge in [-0.25, -0.2) is 4.98 Å². The molecule has 5 rings (SSSR count). The van der Waals surface area contributed by atoms with E-state index in [0.29, 0.717) is 62.3 Å². The van der Waals surface area contributed by atoms with E-state index in [-0.39, 0.29) is 53.9 Å². The first-order chi connectivity index (χ1) is 22.3. The number of nitrogens with one attached hydrogen (secondary N) is 1. The molecular weight excluding hydrogens is 623 g/mol. The van der Waals surface area contributed by atoms with E-state index in [0.717, 1.165) is 17.1 Å². The van der Waals surface area contributed by atoms with Crippen LogP contribution in [0.25, 0.3) is 11.3 Å². The quantitative estimate of drug-likeness (QED) is 0.320. The second-order valence-electron chi connectivity index (χ2n) is 11.1. The number of anilines is 1. The highest BCUT2D eigenvalue weighted by atomic mass is 19.4. The van der Waals surface area contributed by atoms with Crippen LogP contribution in [0.4, 0.5) is 18.9 Å². The maximum Gasteiger partial charge on any atom is 0.435 e. The number of hydrogen-bond acceptors (Lipinski definition) is 8. The normalized spacial score (nSPS) is 17.6. The first kappa shape index (κ1) is 34.6. The summed E-state index contributed by atoms with van der Waals surface area (Å²) in [6, 6.07) is 6.74. The molecule has 4 N–H and O–H groups in total. The van der Waals surface area contributed by atoms with Crippen molar-refractivity contribution in [3.63, 3.8) is 0 Å². The summed E-state index contributed by atoms with van der Waals surface area (Å²) in [7, 11) is 1.41. The third kappa shape index (κ3) is 7.60. The average molecular weight is 658 g/mol. The Labute approximate surface area is 267 Å². The Balaban J connectivity index is 0.00000160. The summed E-state index contributed by atoms with van der Waals surface area (Å²) in [4.78, 5) is 55.1. The number of imidazole rings is 1. The van der Waals surface area contributed by atoms with Crippen LogP contribution in [0, 0.1) is 17.2 Å². The van der Waals surface area contributed by atoms with E-state index in [2.05, 4.69) is 15.4 Å². The van der Waals surface area contributed by atoms with Gasteiger partial charge in [-0.3, -0.25) is 23.9 Å². The van der Waals surface area contributed by atoms with Gasteiger partial charge in [0.25, 0.3) is 18.3 Å². The van der Waals surface area contributed by atoms with Crippen LogP contribution in [0.2, 0.25) is 0 Å². The van der Waals surface area contributed by atoms with Crippen LogP contribution in [0.15, 0.2) is 30.6 Å². The molecule has 1 aliphatic carbocycles. The summed E-state index contributed by atoms with van der Waals surface area (Å²) in [6.45, 7) is 3.00. The number of nitriles is 1. The molecule has 47 heavy (non-hydrogen) atoms. The van der Waals surface area contributed by atoms with Crippen molar-refractivity contribution in [2.45, 2.75) is 44.9 Å². The minimum absolute atomic E-state index is 0.0000782. The number of aryl methyl sites for hydroxylation is 1. The number of carboxylic acid groups (broad SMARTS) is 1. The van der Waals surface area contributed by atoms with Gasteiger partial charge in [-0.2, -0.15) is 23.5 Å². The fourth-order valence-electron chi connectivity index (χ4n) is 5.62. The number of halogens is 3. The van der Waals surface area contributed by atoms with Gasteiger partial charge in [0.05, 0.1) is 23.5 Å². The minimum atomic E-state index is -4.78. The van der Waals surface area contributed by atoms with Crippen molar-refractivity contribution in [1.82, 2.24) is 29.1 Å². The Kier molecular flexibility index (Phi) is 10.7. The molecular formula is C30H34F3N9O5. The number of nitrogens with two attached hydrogens (primary N) is 1. The zero-order valence-electron chi connectivity index (χ0n) is 25.7. The fourth-order valence-corrected chi connectivity index (χ4v) is 5.62. The summed E-state index contributed by atoms with van der Waals surface area (Å²) in [5.41, 5.74) is 5.90. The van der Waals surface area contributed by atoms with Gasteiger partial charge in [-0.1, -0.05) is 6.92 Å². The van der Waals surface area contributed by atoms with Crippen LogP contribution in [-0.4, -0.2) is 90.7 Å². The van der Waals surface area contributed by atoms with Crippen molar-refractivity contribution in [3.05, 3.63) is 53.2 Å². The molecule has 1 aromatic carbocycles. The van der Waals surface area contributed by atoms with Crippen molar-refractivity contribution in [2.75, 3.05) is 31.5 Å². The van der Waals surface area contributed by atoms with E-state index in [1.54, 1.807) is 34.1 Å². The van der Waals surface area contributed by atoms with Gasteiger partial charge in [-0.05, 0) is 43.0 Å². The second-order valence-corrected chi connectivity index (χ2v) is 11.1. The second kappa shape index (κ2) is 14.5. The number of carbonyl (C=O) groups excluding carboxylic acids is 3. The molecule has 0 unspecified atom stereocenters. The van der Waals surface area contributed by atoms with Crippen molar-refractivity contribution in [2.24, 2.45) is 18.7 Å². The monoisotopic (exact) mass is 657 g/mol. The molecule has 2 aliphatic rings. The number of hydrogen-bond donors (Lipinski definition) is 3. The molecule has 0 spiro atoms. The molecule has 0 bridgehead atoms. The van der Waals surface area contributed by atoms with Gasteiger partial charge in [0.1, 0.15) is 6.54 Å². The van der Waals surface area contributed by atoms with Crippen LogP contribution >= 0.6 is 0 Å². The van der Waals surface area contributed by atoms with Crippen molar-refractivity contribution in [1.29, 1.82) is 5.26 Å². The average Bonchev–Trinajstić information content (AvgIpc) is 3.62. The smallest absolute Gasteiger partial charge is 0.435 e. The summed E-state index contributed by atoms with van der Waals surface area (Å²) in [6.07, 6.45) is -0.633. The highest BCUT2D eigenvalue weighted by Crippen LogP contribution is 2.36. The lowest BCUT2D eigenvalue weighted by molar-refractivity contribution is -0.141. The summed E-state index contributed by atoms with van der Waals surface area (Å²) >= 11 is 0. The van der Waals surface area contributed by atoms with E-state index in [9.17, 15) is 27.6 Å². The molecule has 0 radical (unpaired) electrons. The SMILES string of the molecule is CCc1cc(NC(=O)c2ncc(-c3cn(CC#N)nc3C(F)(F)F)n2C)ccc1C(=O)N1CCN(C(=O)C2CC(N)C2)CC1.O=CO. The van der Waals surface area contributed by atoms with Crippen LogP contribution in [0.3, 0.4) is 0 Å². The van der Waals surface area contributed by atoms with Crippen LogP contribution < -0.4 is 11.1 Å². The first-order valence-corrected chi connectivity index (χ1v) is 14.7. The van der Waals surface area contributed by atoms with Crippen LogP contribution in [0.5, 0.6) is 0 Å². The number of rotatable bonds is 7. The van der Waals surface area contributed by atoms with E-state index < -0.39 is 17.8 Å². The minimum Gasteiger partial charge on any atom is -0.483 e. The lowest BCUT2D eigenvalue weighted by Gasteiger charge is -2.40. The fraction of sp³-hybridized carbons (Fsp3) is 0.433. The predicted octanol–water partition coefficient (Wildman–Crippen LogP) is 2.36. The summed E-state index contributed by atoms with van der Waals surface area (Å²) < 4.78 is 43.0. The molecule has 2 aromatic heterocycles. The topological polar surface area (TPSA) is 192 Å². The lowest BCUT2D eigenvalue weighted by Crippen LogP contribution is -2.54. The van der Waals surface area contributed by atoms with Gasteiger partial charge in [0.2, 0.25) is 5.91 Å². The van der Waals surface area contributed by atoms with Gasteiger partial charge in [-0.15, -0.1) is 0 Å². The Morgan fingerprint density at radius 3 is 2.38 bits per heavy atom. The van der Waals surface area contributed by atoms with Crippen LogP contribution in [0.1, 0.15) is 52.0 Å². The van der Waals surface area contributed by atoms with Gasteiger partial charge in [0, 0.05) is 62.6 Å². The van der Waals surface area contributed by atoms with E-state index >= 15 is 0 Å². The van der Waals surface area contributed by atoms with Crippen molar-refractivity contribution in [3.8, 4) is 17.3 Å². The molecule has 250 valence electrons.